The van der Waals surface area contributed by atoms with Crippen LogP contribution in [-0.4, -0.2) is 30.7 Å². The number of hydrogen-bond acceptors (Lipinski definition) is 3. The number of para-hydroxylation sites is 1. The zero-order valence-corrected chi connectivity index (χ0v) is 15.9. The molecule has 0 radical (unpaired) electrons. The van der Waals surface area contributed by atoms with Crippen LogP contribution < -0.4 is 10.2 Å². The molecule has 5 nitrogen and oxygen atoms in total. The summed E-state index contributed by atoms with van der Waals surface area (Å²) in [6.45, 7) is 13.9. The van der Waals surface area contributed by atoms with Crippen LogP contribution in [0.1, 0.15) is 58.6 Å². The first kappa shape index (κ1) is 20.0. The third-order valence-corrected chi connectivity index (χ3v) is 3.54. The molecule has 0 bridgehead atoms. The third kappa shape index (κ3) is 5.87. The zero-order chi connectivity index (χ0) is 18.5. The van der Waals surface area contributed by atoms with Gasteiger partial charge in [0.1, 0.15) is 5.60 Å². The van der Waals surface area contributed by atoms with Gasteiger partial charge in [-0.25, -0.2) is 4.79 Å². The van der Waals surface area contributed by atoms with Gasteiger partial charge in [0.05, 0.1) is 5.69 Å². The highest BCUT2D eigenvalue weighted by molar-refractivity contribution is 5.93. The number of aryl methyl sites for hydroxylation is 1. The summed E-state index contributed by atoms with van der Waals surface area (Å²) < 4.78 is 5.22. The Bertz CT molecular complexity index is 589. The first-order chi connectivity index (χ1) is 11.0. The fraction of sp³-hybridized carbons (Fsp3) is 0.579. The fourth-order valence-electron chi connectivity index (χ4n) is 2.53. The Hall–Kier alpha value is -2.04. The van der Waals surface area contributed by atoms with Crippen molar-refractivity contribution in [1.29, 1.82) is 0 Å². The minimum atomic E-state index is -0.537. The van der Waals surface area contributed by atoms with Crippen LogP contribution in [0.5, 0.6) is 0 Å². The molecule has 0 atom stereocenters. The number of carbonyl (C=O) groups is 2. The number of anilines is 1. The Morgan fingerprint density at radius 2 is 1.88 bits per heavy atom. The van der Waals surface area contributed by atoms with Crippen LogP contribution in [-0.2, 0) is 9.53 Å². The van der Waals surface area contributed by atoms with Crippen molar-refractivity contribution in [2.45, 2.75) is 60.0 Å². The molecule has 5 heteroatoms. The van der Waals surface area contributed by atoms with Gasteiger partial charge in [-0.3, -0.25) is 4.79 Å². The first-order valence-electron chi connectivity index (χ1n) is 8.37. The van der Waals surface area contributed by atoms with E-state index in [1.54, 1.807) is 11.8 Å². The lowest BCUT2D eigenvalue weighted by molar-refractivity contribution is -0.116. The van der Waals surface area contributed by atoms with Gasteiger partial charge in [-0.05, 0) is 44.7 Å². The van der Waals surface area contributed by atoms with E-state index in [9.17, 15) is 9.59 Å². The van der Waals surface area contributed by atoms with Crippen molar-refractivity contribution in [2.75, 3.05) is 18.0 Å². The van der Waals surface area contributed by atoms with Crippen LogP contribution in [0.25, 0.3) is 0 Å². The van der Waals surface area contributed by atoms with Crippen molar-refractivity contribution in [3.05, 3.63) is 29.3 Å². The summed E-state index contributed by atoms with van der Waals surface area (Å²) in [5, 5.41) is 2.71. The second kappa shape index (κ2) is 8.18. The molecule has 0 aromatic heterocycles. The van der Waals surface area contributed by atoms with E-state index in [2.05, 4.69) is 19.2 Å². The van der Waals surface area contributed by atoms with Gasteiger partial charge in [-0.15, -0.1) is 0 Å². The molecule has 0 spiro atoms. The number of carbonyl (C=O) groups excluding carboxylic acids is 2. The van der Waals surface area contributed by atoms with E-state index in [-0.39, 0.29) is 5.91 Å². The van der Waals surface area contributed by atoms with Crippen LogP contribution >= 0.6 is 0 Å². The topological polar surface area (TPSA) is 58.6 Å². The lowest BCUT2D eigenvalue weighted by atomic mass is 9.97. The van der Waals surface area contributed by atoms with E-state index >= 15 is 0 Å². The van der Waals surface area contributed by atoms with Gasteiger partial charge in [-0.2, -0.15) is 0 Å². The largest absolute Gasteiger partial charge is 0.444 e. The number of nitrogens with zero attached hydrogens (tertiary/aromatic N) is 1. The van der Waals surface area contributed by atoms with Crippen molar-refractivity contribution in [3.8, 4) is 0 Å². The molecule has 0 fully saturated rings. The Labute approximate surface area is 145 Å². The monoisotopic (exact) mass is 334 g/mol. The number of amides is 2. The summed E-state index contributed by atoms with van der Waals surface area (Å²) in [5.41, 5.74) is 2.58. The van der Waals surface area contributed by atoms with Gasteiger partial charge < -0.3 is 15.0 Å². The molecular weight excluding hydrogens is 304 g/mol. The Morgan fingerprint density at radius 3 is 2.38 bits per heavy atom. The van der Waals surface area contributed by atoms with Crippen molar-refractivity contribution in [3.63, 3.8) is 0 Å². The van der Waals surface area contributed by atoms with E-state index in [1.165, 1.54) is 0 Å². The molecule has 0 saturated heterocycles. The third-order valence-electron chi connectivity index (χ3n) is 3.54. The lowest BCUT2D eigenvalue weighted by Crippen LogP contribution is -2.40. The molecule has 1 aromatic carbocycles. The minimum absolute atomic E-state index is 0.0443. The molecule has 0 aliphatic heterocycles. The highest BCUT2D eigenvalue weighted by Crippen LogP contribution is 2.30. The molecule has 1 N–H and O–H groups in total. The smallest absolute Gasteiger partial charge is 0.407 e. The van der Waals surface area contributed by atoms with Crippen LogP contribution in [0.15, 0.2) is 18.2 Å². The van der Waals surface area contributed by atoms with Gasteiger partial charge in [0, 0.05) is 20.0 Å². The van der Waals surface area contributed by atoms with E-state index in [4.69, 9.17) is 4.74 Å². The van der Waals surface area contributed by atoms with Gasteiger partial charge in [-0.1, -0.05) is 32.0 Å². The maximum Gasteiger partial charge on any atom is 0.407 e. The second-order valence-corrected chi connectivity index (χ2v) is 7.27. The number of ether oxygens (including phenoxy) is 1. The molecular formula is C19H30N2O3. The maximum absolute atomic E-state index is 12.2. The SMILES string of the molecule is CC(=O)N(CCNC(=O)OC(C)(C)C)c1c(C)cccc1C(C)C. The summed E-state index contributed by atoms with van der Waals surface area (Å²) in [6.07, 6.45) is -0.472. The number of rotatable bonds is 5. The molecule has 1 rings (SSSR count). The maximum atomic E-state index is 12.2. The summed E-state index contributed by atoms with van der Waals surface area (Å²) in [6, 6.07) is 6.05. The van der Waals surface area contributed by atoms with E-state index in [0.717, 1.165) is 16.8 Å². The van der Waals surface area contributed by atoms with Gasteiger partial charge in [0.2, 0.25) is 5.91 Å². The quantitative estimate of drug-likeness (QED) is 0.885. The average molecular weight is 334 g/mol. The number of benzene rings is 1. The fourth-order valence-corrected chi connectivity index (χ4v) is 2.53. The molecule has 0 aliphatic rings. The Kier molecular flexibility index (Phi) is 6.81. The minimum Gasteiger partial charge on any atom is -0.444 e. The molecule has 24 heavy (non-hydrogen) atoms. The number of hydrogen-bond donors (Lipinski definition) is 1. The molecule has 2 amide bonds. The predicted molar refractivity (Wildman–Crippen MR) is 97.5 cm³/mol. The first-order valence-corrected chi connectivity index (χ1v) is 8.37. The molecule has 0 aliphatic carbocycles. The summed E-state index contributed by atoms with van der Waals surface area (Å²) in [4.78, 5) is 25.6. The van der Waals surface area contributed by atoms with Crippen LogP contribution in [0.3, 0.4) is 0 Å². The molecule has 0 unspecified atom stereocenters. The highest BCUT2D eigenvalue weighted by Gasteiger charge is 2.20. The highest BCUT2D eigenvalue weighted by atomic mass is 16.6. The standard InChI is InChI=1S/C19H30N2O3/c1-13(2)16-10-8-9-14(3)17(16)21(15(4)22)12-11-20-18(23)24-19(5,6)7/h8-10,13H,11-12H2,1-7H3,(H,20,23). The van der Waals surface area contributed by atoms with E-state index in [0.29, 0.717) is 19.0 Å². The van der Waals surface area contributed by atoms with Crippen molar-refractivity contribution >= 4 is 17.7 Å². The average Bonchev–Trinajstić information content (AvgIpc) is 2.41. The zero-order valence-electron chi connectivity index (χ0n) is 15.9. The van der Waals surface area contributed by atoms with E-state index in [1.807, 2.05) is 45.9 Å². The van der Waals surface area contributed by atoms with Crippen molar-refractivity contribution < 1.29 is 14.3 Å². The van der Waals surface area contributed by atoms with Gasteiger partial charge in [0.15, 0.2) is 0 Å². The molecule has 134 valence electrons. The predicted octanol–water partition coefficient (Wildman–Crippen LogP) is 4.00. The van der Waals surface area contributed by atoms with Gasteiger partial charge in [0.25, 0.3) is 0 Å². The molecule has 0 saturated carbocycles. The van der Waals surface area contributed by atoms with Crippen molar-refractivity contribution in [2.24, 2.45) is 0 Å². The Morgan fingerprint density at radius 1 is 1.25 bits per heavy atom. The summed E-state index contributed by atoms with van der Waals surface area (Å²) in [7, 11) is 0. The summed E-state index contributed by atoms with van der Waals surface area (Å²) >= 11 is 0. The van der Waals surface area contributed by atoms with Crippen molar-refractivity contribution in [1.82, 2.24) is 5.32 Å². The van der Waals surface area contributed by atoms with Crippen LogP contribution in [0.4, 0.5) is 10.5 Å². The lowest BCUT2D eigenvalue weighted by Gasteiger charge is -2.27. The van der Waals surface area contributed by atoms with Gasteiger partial charge >= 0.3 is 6.09 Å². The molecule has 0 heterocycles. The number of alkyl carbamates (subject to hydrolysis) is 1. The Balaban J connectivity index is 2.87. The normalized spacial score (nSPS) is 11.3. The number of nitrogens with one attached hydrogen (secondary N) is 1. The van der Waals surface area contributed by atoms with Crippen LogP contribution in [0.2, 0.25) is 0 Å². The van der Waals surface area contributed by atoms with Crippen LogP contribution in [0, 0.1) is 6.92 Å². The second-order valence-electron chi connectivity index (χ2n) is 7.27. The molecule has 1 aromatic rings. The van der Waals surface area contributed by atoms with E-state index < -0.39 is 11.7 Å². The summed E-state index contributed by atoms with van der Waals surface area (Å²) in [5.74, 6) is 0.262.